The van der Waals surface area contributed by atoms with Crippen LogP contribution in [0.5, 0.6) is 11.5 Å². The smallest absolute Gasteiger partial charge is 0.395 e. The Kier molecular flexibility index (Phi) is 4.94. The molecule has 35 heavy (non-hydrogen) atoms. The Morgan fingerprint density at radius 2 is 1.83 bits per heavy atom. The van der Waals surface area contributed by atoms with Crippen molar-refractivity contribution in [3.8, 4) is 22.8 Å². The van der Waals surface area contributed by atoms with Gasteiger partial charge in [-0.2, -0.15) is 0 Å². The van der Waals surface area contributed by atoms with Crippen LogP contribution in [0.3, 0.4) is 0 Å². The number of pyridine rings is 1. The number of hydrogen-bond acceptors (Lipinski definition) is 5. The summed E-state index contributed by atoms with van der Waals surface area (Å²) in [4.78, 5) is 32.6. The van der Waals surface area contributed by atoms with Gasteiger partial charge >= 0.3 is 12.0 Å². The summed E-state index contributed by atoms with van der Waals surface area (Å²) in [7, 11) is 1.69. The van der Waals surface area contributed by atoms with Gasteiger partial charge in [0.05, 0.1) is 22.1 Å². The third-order valence-corrected chi connectivity index (χ3v) is 6.21. The van der Waals surface area contributed by atoms with Crippen molar-refractivity contribution < 1.29 is 23.0 Å². The number of aromatic nitrogens is 3. The molecule has 10 heteroatoms. The number of rotatable bonds is 4. The molecule has 0 unspecified atom stereocenters. The third-order valence-electron chi connectivity index (χ3n) is 6.21. The largest absolute Gasteiger partial charge is 0.586 e. The van der Waals surface area contributed by atoms with Crippen molar-refractivity contribution >= 4 is 22.8 Å². The van der Waals surface area contributed by atoms with Gasteiger partial charge in [0, 0.05) is 12.6 Å². The summed E-state index contributed by atoms with van der Waals surface area (Å²) in [5.74, 6) is -0.263. The van der Waals surface area contributed by atoms with Gasteiger partial charge in [-0.15, -0.1) is 8.78 Å². The number of ether oxygens (including phenoxy) is 2. The summed E-state index contributed by atoms with van der Waals surface area (Å²) in [6, 6.07) is 13.3. The number of fused-ring (bicyclic) bond motifs is 2. The molecular formula is C25H22F2N4O4. The Balaban J connectivity index is 1.42. The molecule has 0 aliphatic carbocycles. The molecule has 0 radical (unpaired) electrons. The Morgan fingerprint density at radius 1 is 1.09 bits per heavy atom. The minimum atomic E-state index is -3.73. The lowest BCUT2D eigenvalue weighted by Crippen LogP contribution is -2.35. The molecule has 5 rings (SSSR count). The second-order valence-corrected chi connectivity index (χ2v) is 8.99. The number of amides is 1. The number of benzene rings is 2. The standard InChI is InChI=1S/C25H22F2N4O4/c1-13-5-10-20(29-21(13)14-6-8-17-16(11-14)28-23(33)31(17)4)30-22(32)24(2,3)15-7-9-18-19(12-15)35-25(26,27)34-18/h5-12H,1-4H3,(H,28,33)(H,29,30,32). The average Bonchev–Trinajstić information content (AvgIpc) is 3.27. The summed E-state index contributed by atoms with van der Waals surface area (Å²) in [6.45, 7) is 5.25. The number of imidazole rings is 1. The number of nitrogens with one attached hydrogen (secondary N) is 2. The van der Waals surface area contributed by atoms with Crippen LogP contribution in [-0.4, -0.2) is 26.7 Å². The zero-order valence-electron chi connectivity index (χ0n) is 19.4. The first kappa shape index (κ1) is 22.6. The summed E-state index contributed by atoms with van der Waals surface area (Å²) in [6.07, 6.45) is -3.73. The lowest BCUT2D eigenvalue weighted by atomic mass is 9.83. The number of aryl methyl sites for hydroxylation is 2. The van der Waals surface area contributed by atoms with E-state index < -0.39 is 11.7 Å². The van der Waals surface area contributed by atoms with Gasteiger partial charge in [0.15, 0.2) is 11.5 Å². The second kappa shape index (κ2) is 7.66. The SMILES string of the molecule is Cc1ccc(NC(=O)C(C)(C)c2ccc3c(c2)OC(F)(F)O3)nc1-c1ccc2c(c1)[nH]c(=O)n2C. The molecule has 3 heterocycles. The van der Waals surface area contributed by atoms with Crippen molar-refractivity contribution in [2.24, 2.45) is 7.05 Å². The Hall–Kier alpha value is -4.21. The van der Waals surface area contributed by atoms with Crippen molar-refractivity contribution in [2.45, 2.75) is 32.5 Å². The number of H-pyrrole nitrogens is 1. The molecule has 0 saturated carbocycles. The fourth-order valence-electron chi connectivity index (χ4n) is 4.02. The molecule has 0 atom stereocenters. The summed E-state index contributed by atoms with van der Waals surface area (Å²) < 4.78 is 37.2. The van der Waals surface area contributed by atoms with Gasteiger partial charge in [-0.05, 0) is 62.2 Å². The lowest BCUT2D eigenvalue weighted by Gasteiger charge is -2.24. The monoisotopic (exact) mass is 480 g/mol. The number of halogens is 2. The molecule has 1 amide bonds. The van der Waals surface area contributed by atoms with Gasteiger partial charge in [-0.25, -0.2) is 9.78 Å². The van der Waals surface area contributed by atoms with Crippen LogP contribution in [0.15, 0.2) is 53.3 Å². The van der Waals surface area contributed by atoms with Gasteiger partial charge in [-0.1, -0.05) is 18.2 Å². The number of carbonyl (C=O) groups is 1. The third kappa shape index (κ3) is 3.90. The summed E-state index contributed by atoms with van der Waals surface area (Å²) in [5, 5.41) is 2.82. The Bertz CT molecular complexity index is 1560. The summed E-state index contributed by atoms with van der Waals surface area (Å²) >= 11 is 0. The Labute approximate surface area is 198 Å². The van der Waals surface area contributed by atoms with Crippen LogP contribution in [0.1, 0.15) is 25.0 Å². The molecule has 180 valence electrons. The second-order valence-electron chi connectivity index (χ2n) is 8.99. The maximum absolute atomic E-state index is 13.4. The van der Waals surface area contributed by atoms with E-state index in [0.717, 1.165) is 16.6 Å². The predicted molar refractivity (Wildman–Crippen MR) is 126 cm³/mol. The zero-order valence-corrected chi connectivity index (χ0v) is 19.4. The van der Waals surface area contributed by atoms with Crippen molar-refractivity contribution in [1.29, 1.82) is 0 Å². The van der Waals surface area contributed by atoms with Gasteiger partial charge in [0.1, 0.15) is 5.82 Å². The van der Waals surface area contributed by atoms with Gasteiger partial charge in [0.25, 0.3) is 0 Å². The van der Waals surface area contributed by atoms with E-state index in [4.69, 9.17) is 0 Å². The highest BCUT2D eigenvalue weighted by Crippen LogP contribution is 2.43. The molecular weight excluding hydrogens is 458 g/mol. The first-order valence-electron chi connectivity index (χ1n) is 10.8. The molecule has 8 nitrogen and oxygen atoms in total. The van der Waals surface area contributed by atoms with Gasteiger partial charge < -0.3 is 19.8 Å². The molecule has 0 bridgehead atoms. The Morgan fingerprint density at radius 3 is 2.60 bits per heavy atom. The highest BCUT2D eigenvalue weighted by molar-refractivity contribution is 5.98. The molecule has 4 aromatic rings. The van der Waals surface area contributed by atoms with Crippen molar-refractivity contribution in [3.05, 3.63) is 70.1 Å². The quantitative estimate of drug-likeness (QED) is 0.449. The highest BCUT2D eigenvalue weighted by Gasteiger charge is 2.44. The summed E-state index contributed by atoms with van der Waals surface area (Å²) in [5.41, 5.74) is 2.94. The molecule has 0 saturated heterocycles. The van der Waals surface area contributed by atoms with Crippen LogP contribution in [0.25, 0.3) is 22.3 Å². The van der Waals surface area contributed by atoms with E-state index in [-0.39, 0.29) is 23.1 Å². The molecule has 2 aromatic carbocycles. The number of alkyl halides is 2. The predicted octanol–water partition coefficient (Wildman–Crippen LogP) is 4.47. The number of aromatic amines is 1. The van der Waals surface area contributed by atoms with E-state index in [1.54, 1.807) is 33.0 Å². The van der Waals surface area contributed by atoms with Crippen LogP contribution in [-0.2, 0) is 17.3 Å². The van der Waals surface area contributed by atoms with E-state index in [2.05, 4.69) is 24.8 Å². The number of nitrogens with zero attached hydrogens (tertiary/aromatic N) is 2. The van der Waals surface area contributed by atoms with Crippen LogP contribution in [0, 0.1) is 6.92 Å². The minimum Gasteiger partial charge on any atom is -0.395 e. The fraction of sp³-hybridized carbons (Fsp3) is 0.240. The normalized spacial score (nSPS) is 14.3. The topological polar surface area (TPSA) is 98.2 Å². The molecule has 2 N–H and O–H groups in total. The molecule has 0 spiro atoms. The van der Waals surface area contributed by atoms with E-state index in [9.17, 15) is 18.4 Å². The first-order valence-corrected chi connectivity index (χ1v) is 10.8. The highest BCUT2D eigenvalue weighted by atomic mass is 19.3. The van der Waals surface area contributed by atoms with Crippen LogP contribution in [0.2, 0.25) is 0 Å². The maximum atomic E-state index is 13.4. The first-order chi connectivity index (χ1) is 16.4. The van der Waals surface area contributed by atoms with E-state index in [1.807, 2.05) is 31.2 Å². The number of hydrogen-bond donors (Lipinski definition) is 2. The van der Waals surface area contributed by atoms with Crippen molar-refractivity contribution in [3.63, 3.8) is 0 Å². The van der Waals surface area contributed by atoms with Crippen molar-refractivity contribution in [1.82, 2.24) is 14.5 Å². The van der Waals surface area contributed by atoms with Crippen LogP contribution >= 0.6 is 0 Å². The van der Waals surface area contributed by atoms with Crippen LogP contribution < -0.4 is 20.5 Å². The molecule has 0 fully saturated rings. The molecule has 1 aliphatic heterocycles. The zero-order chi connectivity index (χ0) is 25.1. The van der Waals surface area contributed by atoms with E-state index in [0.29, 0.717) is 22.6 Å². The van der Waals surface area contributed by atoms with Crippen LogP contribution in [0.4, 0.5) is 14.6 Å². The minimum absolute atomic E-state index is 0.0865. The maximum Gasteiger partial charge on any atom is 0.586 e. The number of anilines is 1. The molecule has 1 aliphatic rings. The van der Waals surface area contributed by atoms with Gasteiger partial charge in [0.2, 0.25) is 5.91 Å². The van der Waals surface area contributed by atoms with Gasteiger partial charge in [-0.3, -0.25) is 9.36 Å². The van der Waals surface area contributed by atoms with E-state index >= 15 is 0 Å². The van der Waals surface area contributed by atoms with E-state index in [1.165, 1.54) is 16.7 Å². The number of carbonyl (C=O) groups excluding carboxylic acids is 1. The lowest BCUT2D eigenvalue weighted by molar-refractivity contribution is -0.286. The average molecular weight is 480 g/mol. The fourth-order valence-corrected chi connectivity index (χ4v) is 4.02. The molecule has 2 aromatic heterocycles. The van der Waals surface area contributed by atoms with Crippen molar-refractivity contribution in [2.75, 3.05) is 5.32 Å².